The Morgan fingerprint density at radius 2 is 2.00 bits per heavy atom. The number of H-pyrrole nitrogens is 1. The number of pyridine rings is 1. The molecule has 1 aliphatic heterocycles. The lowest BCUT2D eigenvalue weighted by Gasteiger charge is -2.20. The van der Waals surface area contributed by atoms with E-state index in [0.29, 0.717) is 38.0 Å². The molecule has 1 fully saturated rings. The van der Waals surface area contributed by atoms with E-state index in [1.165, 1.54) is 4.31 Å². The van der Waals surface area contributed by atoms with Gasteiger partial charge in [0.25, 0.3) is 5.91 Å². The van der Waals surface area contributed by atoms with Crippen LogP contribution in [0.1, 0.15) is 35.3 Å². The number of rotatable bonds is 5. The molecule has 0 spiro atoms. The van der Waals surface area contributed by atoms with Crippen molar-refractivity contribution in [3.63, 3.8) is 0 Å². The standard InChI is InChI=1S/C21H24N4O4S/c26-17-2-1-10-25(11-8-17)30(28,29)18-5-3-15(4-6-18)13-23-21(27)20-12-16-14-22-9-7-19(16)24-20/h3-7,9,12,14,17,24,26H,1-2,8,10-11,13H2,(H,23,27)/t17-/m1/s1. The Hall–Kier alpha value is -2.75. The Labute approximate surface area is 175 Å². The van der Waals surface area contributed by atoms with Crippen molar-refractivity contribution in [1.82, 2.24) is 19.6 Å². The summed E-state index contributed by atoms with van der Waals surface area (Å²) in [5, 5.41) is 13.4. The molecule has 4 rings (SSSR count). The van der Waals surface area contributed by atoms with Gasteiger partial charge in [-0.15, -0.1) is 0 Å². The van der Waals surface area contributed by atoms with Gasteiger partial charge < -0.3 is 15.4 Å². The Bertz CT molecular complexity index is 1110. The molecule has 8 nitrogen and oxygen atoms in total. The van der Waals surface area contributed by atoms with Crippen molar-refractivity contribution >= 4 is 26.8 Å². The minimum atomic E-state index is -3.59. The first-order valence-electron chi connectivity index (χ1n) is 9.91. The summed E-state index contributed by atoms with van der Waals surface area (Å²) in [6, 6.07) is 10.1. The first kappa shape index (κ1) is 20.5. The molecule has 1 amide bonds. The minimum Gasteiger partial charge on any atom is -0.393 e. The number of sulfonamides is 1. The summed E-state index contributed by atoms with van der Waals surface area (Å²) in [7, 11) is -3.59. The van der Waals surface area contributed by atoms with Crippen LogP contribution in [0.3, 0.4) is 0 Å². The molecular weight excluding hydrogens is 404 g/mol. The van der Waals surface area contributed by atoms with Crippen molar-refractivity contribution in [1.29, 1.82) is 0 Å². The monoisotopic (exact) mass is 428 g/mol. The lowest BCUT2D eigenvalue weighted by Crippen LogP contribution is -2.32. The Balaban J connectivity index is 1.40. The number of fused-ring (bicyclic) bond motifs is 1. The maximum Gasteiger partial charge on any atom is 0.267 e. The molecule has 1 aromatic carbocycles. The van der Waals surface area contributed by atoms with Crippen molar-refractivity contribution in [3.05, 3.63) is 60.0 Å². The highest BCUT2D eigenvalue weighted by atomic mass is 32.2. The average molecular weight is 429 g/mol. The van der Waals surface area contributed by atoms with Crippen LogP contribution in [-0.4, -0.2) is 52.9 Å². The summed E-state index contributed by atoms with van der Waals surface area (Å²) in [6.07, 6.45) is 4.63. The summed E-state index contributed by atoms with van der Waals surface area (Å²) < 4.78 is 27.2. The highest BCUT2D eigenvalue weighted by molar-refractivity contribution is 7.89. The van der Waals surface area contributed by atoms with Crippen molar-refractivity contribution < 1.29 is 18.3 Å². The number of aromatic amines is 1. The van der Waals surface area contributed by atoms with Gasteiger partial charge in [-0.25, -0.2) is 8.42 Å². The highest BCUT2D eigenvalue weighted by Crippen LogP contribution is 2.21. The van der Waals surface area contributed by atoms with E-state index in [4.69, 9.17) is 0 Å². The van der Waals surface area contributed by atoms with E-state index in [1.54, 1.807) is 48.8 Å². The number of aliphatic hydroxyl groups excluding tert-OH is 1. The quantitative estimate of drug-likeness (QED) is 0.575. The number of hydrogen-bond acceptors (Lipinski definition) is 5. The van der Waals surface area contributed by atoms with Crippen LogP contribution in [0, 0.1) is 0 Å². The topological polar surface area (TPSA) is 115 Å². The summed E-state index contributed by atoms with van der Waals surface area (Å²) in [6.45, 7) is 1.02. The summed E-state index contributed by atoms with van der Waals surface area (Å²) in [5.74, 6) is -0.244. The van der Waals surface area contributed by atoms with Gasteiger partial charge in [-0.3, -0.25) is 9.78 Å². The molecule has 0 aliphatic carbocycles. The van der Waals surface area contributed by atoms with Gasteiger partial charge in [-0.1, -0.05) is 12.1 Å². The number of hydrogen-bond donors (Lipinski definition) is 3. The molecule has 0 bridgehead atoms. The lowest BCUT2D eigenvalue weighted by molar-refractivity contribution is 0.0946. The van der Waals surface area contributed by atoms with Gasteiger partial charge in [0, 0.05) is 42.9 Å². The van der Waals surface area contributed by atoms with E-state index in [9.17, 15) is 18.3 Å². The van der Waals surface area contributed by atoms with Crippen LogP contribution in [0.25, 0.3) is 10.9 Å². The maximum absolute atomic E-state index is 12.9. The number of nitrogens with one attached hydrogen (secondary N) is 2. The molecule has 3 heterocycles. The number of nitrogens with zero attached hydrogens (tertiary/aromatic N) is 2. The van der Waals surface area contributed by atoms with Crippen LogP contribution < -0.4 is 5.32 Å². The van der Waals surface area contributed by atoms with Gasteiger partial charge in [0.05, 0.1) is 11.0 Å². The molecule has 0 radical (unpaired) electrons. The predicted octanol–water partition coefficient (Wildman–Crippen LogP) is 2.03. The fourth-order valence-electron chi connectivity index (χ4n) is 3.59. The molecule has 3 aromatic rings. The molecule has 2 aromatic heterocycles. The van der Waals surface area contributed by atoms with Crippen molar-refractivity contribution in [2.75, 3.05) is 13.1 Å². The number of benzene rings is 1. The van der Waals surface area contributed by atoms with Crippen molar-refractivity contribution in [3.8, 4) is 0 Å². The molecule has 0 unspecified atom stereocenters. The second kappa shape index (κ2) is 8.55. The zero-order chi connectivity index (χ0) is 21.1. The molecule has 1 aliphatic rings. The van der Waals surface area contributed by atoms with Gasteiger partial charge in [0.1, 0.15) is 5.69 Å². The van der Waals surface area contributed by atoms with Crippen LogP contribution in [0.5, 0.6) is 0 Å². The molecule has 3 N–H and O–H groups in total. The predicted molar refractivity (Wildman–Crippen MR) is 112 cm³/mol. The molecule has 9 heteroatoms. The van der Waals surface area contributed by atoms with Crippen LogP contribution >= 0.6 is 0 Å². The van der Waals surface area contributed by atoms with Gasteiger partial charge in [0.2, 0.25) is 10.0 Å². The normalized spacial score (nSPS) is 18.2. The second-order valence-corrected chi connectivity index (χ2v) is 9.40. The lowest BCUT2D eigenvalue weighted by atomic mass is 10.2. The van der Waals surface area contributed by atoms with E-state index in [1.807, 2.05) is 0 Å². The third-order valence-electron chi connectivity index (χ3n) is 5.34. The maximum atomic E-state index is 12.9. The Morgan fingerprint density at radius 1 is 1.20 bits per heavy atom. The van der Waals surface area contributed by atoms with Crippen LogP contribution in [-0.2, 0) is 16.6 Å². The fraction of sp³-hybridized carbons (Fsp3) is 0.333. The van der Waals surface area contributed by atoms with Gasteiger partial charge >= 0.3 is 0 Å². The zero-order valence-corrected chi connectivity index (χ0v) is 17.2. The van der Waals surface area contributed by atoms with E-state index in [-0.39, 0.29) is 17.3 Å². The Kier molecular flexibility index (Phi) is 5.85. The number of carbonyl (C=O) groups is 1. The van der Waals surface area contributed by atoms with Gasteiger partial charge in [-0.05, 0) is 49.1 Å². The molecule has 1 atom stereocenters. The first-order valence-corrected chi connectivity index (χ1v) is 11.4. The molecule has 1 saturated heterocycles. The smallest absolute Gasteiger partial charge is 0.267 e. The SMILES string of the molecule is O=C(NCc1ccc(S(=O)(=O)N2CCC[C@@H](O)CC2)cc1)c1cc2cnccc2[nH]1. The van der Waals surface area contributed by atoms with Crippen molar-refractivity contribution in [2.45, 2.75) is 36.8 Å². The zero-order valence-electron chi connectivity index (χ0n) is 16.4. The first-order chi connectivity index (χ1) is 14.4. The fourth-order valence-corrected chi connectivity index (χ4v) is 5.09. The van der Waals surface area contributed by atoms with E-state index < -0.39 is 16.1 Å². The van der Waals surface area contributed by atoms with Crippen molar-refractivity contribution in [2.24, 2.45) is 0 Å². The second-order valence-electron chi connectivity index (χ2n) is 7.46. The van der Waals surface area contributed by atoms with E-state index in [0.717, 1.165) is 16.5 Å². The van der Waals surface area contributed by atoms with Crippen LogP contribution in [0.2, 0.25) is 0 Å². The molecule has 158 valence electrons. The van der Waals surface area contributed by atoms with Crippen LogP contribution in [0.15, 0.2) is 53.7 Å². The van der Waals surface area contributed by atoms with Crippen LogP contribution in [0.4, 0.5) is 0 Å². The molecular formula is C21H24N4O4S. The summed E-state index contributed by atoms with van der Waals surface area (Å²) >= 11 is 0. The number of aromatic nitrogens is 2. The minimum absolute atomic E-state index is 0.220. The third kappa shape index (κ3) is 4.38. The summed E-state index contributed by atoms with van der Waals surface area (Å²) in [5.41, 5.74) is 2.08. The third-order valence-corrected chi connectivity index (χ3v) is 7.25. The van der Waals surface area contributed by atoms with Gasteiger partial charge in [0.15, 0.2) is 0 Å². The van der Waals surface area contributed by atoms with E-state index >= 15 is 0 Å². The number of carbonyl (C=O) groups excluding carboxylic acids is 1. The summed E-state index contributed by atoms with van der Waals surface area (Å²) in [4.78, 5) is 19.7. The van der Waals surface area contributed by atoms with E-state index in [2.05, 4.69) is 15.3 Å². The number of aliphatic hydroxyl groups is 1. The molecule has 30 heavy (non-hydrogen) atoms. The Morgan fingerprint density at radius 3 is 2.77 bits per heavy atom. The highest BCUT2D eigenvalue weighted by Gasteiger charge is 2.27. The number of amides is 1. The molecule has 0 saturated carbocycles. The average Bonchev–Trinajstić information content (AvgIpc) is 3.06. The van der Waals surface area contributed by atoms with Gasteiger partial charge in [-0.2, -0.15) is 4.31 Å². The largest absolute Gasteiger partial charge is 0.393 e.